The number of nitrogens with zero attached hydrogens (tertiary/aromatic N) is 2. The molecule has 0 aliphatic carbocycles. The first-order chi connectivity index (χ1) is 8.82. The number of hydrogen-bond acceptors (Lipinski definition) is 3. The van der Waals surface area contributed by atoms with E-state index in [0.717, 1.165) is 13.0 Å². The van der Waals surface area contributed by atoms with E-state index in [1.54, 1.807) is 0 Å². The average Bonchev–Trinajstić information content (AvgIpc) is 2.46. The summed E-state index contributed by atoms with van der Waals surface area (Å²) in [4.78, 5) is 28.2. The monoisotopic (exact) mass is 269 g/mol. The molecule has 5 heteroatoms. The maximum absolute atomic E-state index is 12.5. The molecular weight excluding hydrogens is 242 g/mol. The summed E-state index contributed by atoms with van der Waals surface area (Å²) in [5.41, 5.74) is 0. The highest BCUT2D eigenvalue weighted by atomic mass is 16.2. The van der Waals surface area contributed by atoms with E-state index in [9.17, 15) is 9.59 Å². The summed E-state index contributed by atoms with van der Waals surface area (Å²) in [6.07, 6.45) is 1.33. The lowest BCUT2D eigenvalue weighted by Crippen LogP contribution is -2.50. The summed E-state index contributed by atoms with van der Waals surface area (Å²) in [5, 5.41) is 2.84. The van der Waals surface area contributed by atoms with Gasteiger partial charge in [0.05, 0.1) is 0 Å². The highest BCUT2D eigenvalue weighted by molar-refractivity contribution is 5.90. The van der Waals surface area contributed by atoms with Gasteiger partial charge in [-0.3, -0.25) is 9.59 Å². The van der Waals surface area contributed by atoms with Crippen molar-refractivity contribution >= 4 is 11.8 Å². The Kier molecular flexibility index (Phi) is 5.79. The zero-order chi connectivity index (χ0) is 14.6. The van der Waals surface area contributed by atoms with Crippen LogP contribution in [0, 0.1) is 5.92 Å². The van der Waals surface area contributed by atoms with Crippen LogP contribution in [0.1, 0.15) is 33.6 Å². The van der Waals surface area contributed by atoms with E-state index < -0.39 is 0 Å². The Morgan fingerprint density at radius 3 is 2.47 bits per heavy atom. The summed E-state index contributed by atoms with van der Waals surface area (Å²) in [5.74, 6) is 0.166. The van der Waals surface area contributed by atoms with Gasteiger partial charge in [0.25, 0.3) is 0 Å². The second kappa shape index (κ2) is 6.89. The number of carbonyl (C=O) groups is 2. The zero-order valence-corrected chi connectivity index (χ0v) is 12.8. The van der Waals surface area contributed by atoms with E-state index in [-0.39, 0.29) is 29.8 Å². The zero-order valence-electron chi connectivity index (χ0n) is 12.8. The second-order valence-electron chi connectivity index (χ2n) is 6.01. The van der Waals surface area contributed by atoms with Crippen molar-refractivity contribution in [3.8, 4) is 0 Å². The van der Waals surface area contributed by atoms with Crippen LogP contribution in [-0.4, -0.2) is 60.9 Å². The van der Waals surface area contributed by atoms with Crippen molar-refractivity contribution in [3.63, 3.8) is 0 Å². The molecule has 2 unspecified atom stereocenters. The molecule has 0 saturated carbocycles. The Labute approximate surface area is 116 Å². The lowest BCUT2D eigenvalue weighted by Gasteiger charge is -2.31. The Bertz CT molecular complexity index is 329. The predicted octanol–water partition coefficient (Wildman–Crippen LogP) is 0.700. The molecule has 0 aromatic heterocycles. The van der Waals surface area contributed by atoms with Crippen LogP contribution in [0.3, 0.4) is 0 Å². The fourth-order valence-electron chi connectivity index (χ4n) is 2.31. The van der Waals surface area contributed by atoms with Gasteiger partial charge < -0.3 is 15.1 Å². The molecule has 1 aliphatic rings. The third kappa shape index (κ3) is 4.49. The standard InChI is InChI=1S/C14H27N3O2/c1-10(2)13-14(19)17(9-7-12(18)15-13)11(3)6-8-16(4)5/h10-11,13H,6-9H2,1-5H3,(H,15,18). The molecule has 2 amide bonds. The Morgan fingerprint density at radius 1 is 1.32 bits per heavy atom. The summed E-state index contributed by atoms with van der Waals surface area (Å²) < 4.78 is 0. The van der Waals surface area contributed by atoms with Crippen LogP contribution in [0.15, 0.2) is 0 Å². The fourth-order valence-corrected chi connectivity index (χ4v) is 2.31. The predicted molar refractivity (Wildman–Crippen MR) is 75.7 cm³/mol. The van der Waals surface area contributed by atoms with Gasteiger partial charge in [0, 0.05) is 19.0 Å². The third-order valence-electron chi connectivity index (χ3n) is 3.64. The quantitative estimate of drug-likeness (QED) is 0.799. The van der Waals surface area contributed by atoms with Gasteiger partial charge in [-0.25, -0.2) is 0 Å². The molecule has 5 nitrogen and oxygen atoms in total. The molecule has 2 atom stereocenters. The molecule has 0 aromatic carbocycles. The Hall–Kier alpha value is -1.10. The maximum Gasteiger partial charge on any atom is 0.245 e. The maximum atomic E-state index is 12.5. The molecule has 0 bridgehead atoms. The molecule has 1 saturated heterocycles. The van der Waals surface area contributed by atoms with E-state index in [1.165, 1.54) is 0 Å². The number of hydrogen-bond donors (Lipinski definition) is 1. The first-order valence-electron chi connectivity index (χ1n) is 7.07. The van der Waals surface area contributed by atoms with Crippen molar-refractivity contribution in [1.29, 1.82) is 0 Å². The van der Waals surface area contributed by atoms with Crippen LogP contribution < -0.4 is 5.32 Å². The van der Waals surface area contributed by atoms with E-state index >= 15 is 0 Å². The molecule has 0 aromatic rings. The molecule has 1 fully saturated rings. The lowest BCUT2D eigenvalue weighted by atomic mass is 10.0. The molecule has 1 aliphatic heterocycles. The van der Waals surface area contributed by atoms with Gasteiger partial charge >= 0.3 is 0 Å². The topological polar surface area (TPSA) is 52.7 Å². The second-order valence-corrected chi connectivity index (χ2v) is 6.01. The SMILES string of the molecule is CC(C)C1NC(=O)CCN(C(C)CCN(C)C)C1=O. The normalized spacial score (nSPS) is 22.7. The van der Waals surface area contributed by atoms with Crippen LogP contribution in [-0.2, 0) is 9.59 Å². The number of rotatable bonds is 5. The Morgan fingerprint density at radius 2 is 1.95 bits per heavy atom. The minimum absolute atomic E-state index is 0.0191. The highest BCUT2D eigenvalue weighted by Crippen LogP contribution is 2.15. The molecular formula is C14H27N3O2. The largest absolute Gasteiger partial charge is 0.344 e. The van der Waals surface area contributed by atoms with Crippen molar-refractivity contribution in [1.82, 2.24) is 15.1 Å². The number of carbonyl (C=O) groups excluding carboxylic acids is 2. The van der Waals surface area contributed by atoms with Crippen molar-refractivity contribution in [2.45, 2.75) is 45.7 Å². The highest BCUT2D eigenvalue weighted by Gasteiger charge is 2.33. The molecule has 110 valence electrons. The van der Waals surface area contributed by atoms with Crippen LogP contribution >= 0.6 is 0 Å². The van der Waals surface area contributed by atoms with E-state index in [4.69, 9.17) is 0 Å². The van der Waals surface area contributed by atoms with Crippen molar-refractivity contribution in [2.75, 3.05) is 27.2 Å². The van der Waals surface area contributed by atoms with Crippen LogP contribution in [0.4, 0.5) is 0 Å². The minimum Gasteiger partial charge on any atom is -0.344 e. The molecule has 1 heterocycles. The lowest BCUT2D eigenvalue weighted by molar-refractivity contribution is -0.136. The van der Waals surface area contributed by atoms with Gasteiger partial charge in [-0.15, -0.1) is 0 Å². The third-order valence-corrected chi connectivity index (χ3v) is 3.64. The number of nitrogens with one attached hydrogen (secondary N) is 1. The molecule has 0 spiro atoms. The van der Waals surface area contributed by atoms with Crippen LogP contribution in [0.5, 0.6) is 0 Å². The van der Waals surface area contributed by atoms with Crippen molar-refractivity contribution < 1.29 is 9.59 Å². The summed E-state index contributed by atoms with van der Waals surface area (Å²) in [7, 11) is 4.05. The molecule has 19 heavy (non-hydrogen) atoms. The number of amides is 2. The van der Waals surface area contributed by atoms with Crippen molar-refractivity contribution in [3.05, 3.63) is 0 Å². The molecule has 1 rings (SSSR count). The van der Waals surface area contributed by atoms with Gasteiger partial charge in [0.1, 0.15) is 6.04 Å². The smallest absolute Gasteiger partial charge is 0.245 e. The molecule has 0 radical (unpaired) electrons. The van der Waals surface area contributed by atoms with Crippen LogP contribution in [0.2, 0.25) is 0 Å². The summed E-state index contributed by atoms with van der Waals surface area (Å²) in [6, 6.07) is -0.208. The Balaban J connectivity index is 2.74. The van der Waals surface area contributed by atoms with Gasteiger partial charge in [0.15, 0.2) is 0 Å². The fraction of sp³-hybridized carbons (Fsp3) is 0.857. The van der Waals surface area contributed by atoms with Gasteiger partial charge in [0.2, 0.25) is 11.8 Å². The first kappa shape index (κ1) is 16.0. The van der Waals surface area contributed by atoms with Gasteiger partial charge in [-0.2, -0.15) is 0 Å². The average molecular weight is 269 g/mol. The van der Waals surface area contributed by atoms with E-state index in [2.05, 4.69) is 17.1 Å². The van der Waals surface area contributed by atoms with E-state index in [1.807, 2.05) is 32.8 Å². The minimum atomic E-state index is -0.378. The summed E-state index contributed by atoms with van der Waals surface area (Å²) in [6.45, 7) is 7.48. The first-order valence-corrected chi connectivity index (χ1v) is 7.07. The molecule has 1 N–H and O–H groups in total. The van der Waals surface area contributed by atoms with Crippen molar-refractivity contribution in [2.24, 2.45) is 5.92 Å². The van der Waals surface area contributed by atoms with E-state index in [0.29, 0.717) is 13.0 Å². The van der Waals surface area contributed by atoms with Gasteiger partial charge in [-0.05, 0) is 39.9 Å². The summed E-state index contributed by atoms with van der Waals surface area (Å²) >= 11 is 0. The van der Waals surface area contributed by atoms with Crippen LogP contribution in [0.25, 0.3) is 0 Å². The van der Waals surface area contributed by atoms with Gasteiger partial charge in [-0.1, -0.05) is 13.8 Å².